The van der Waals surface area contributed by atoms with Gasteiger partial charge in [-0.05, 0) is 0 Å². The third kappa shape index (κ3) is 3.74. The second-order valence-electron chi connectivity index (χ2n) is 4.68. The van der Waals surface area contributed by atoms with Gasteiger partial charge in [-0.15, -0.1) is 0 Å². The summed E-state index contributed by atoms with van der Waals surface area (Å²) in [6, 6.07) is 0. The molecule has 21 heavy (non-hydrogen) atoms. The molecule has 1 saturated heterocycles. The highest BCUT2D eigenvalue weighted by atomic mass is 16.6. The van der Waals surface area contributed by atoms with E-state index in [-0.39, 0.29) is 6.10 Å². The number of aliphatic hydroxyl groups is 8. The number of ether oxygens (including phenoxy) is 1. The second-order valence-corrected chi connectivity index (χ2v) is 4.68. The number of ketones is 1. The molecule has 0 aromatic heterocycles. The van der Waals surface area contributed by atoms with E-state index in [1.54, 1.807) is 0 Å². The van der Waals surface area contributed by atoms with Gasteiger partial charge in [-0.3, -0.25) is 4.79 Å². The van der Waals surface area contributed by atoms with Crippen molar-refractivity contribution in [3.63, 3.8) is 0 Å². The van der Waals surface area contributed by atoms with Crippen molar-refractivity contribution in [1.29, 1.82) is 0 Å². The molecule has 1 aliphatic heterocycles. The highest BCUT2D eigenvalue weighted by molar-refractivity contribution is 5.89. The molecule has 0 spiro atoms. The van der Waals surface area contributed by atoms with Gasteiger partial charge in [-0.2, -0.15) is 0 Å². The SMILES string of the molecule is O=C(C1O[C](CO)[C@@H](O)[C@H]1O)[C@H](O)[C@@H](O)[C@H](O)[C@H](O)CO. The molecule has 10 heteroatoms. The maximum absolute atomic E-state index is 11.9. The first kappa shape index (κ1) is 18.4. The molecule has 8 N–H and O–H groups in total. The molecule has 0 saturated carbocycles. The average molecular weight is 311 g/mol. The van der Waals surface area contributed by atoms with Crippen molar-refractivity contribution in [1.82, 2.24) is 0 Å². The second kappa shape index (κ2) is 7.54. The molecule has 1 unspecified atom stereocenters. The van der Waals surface area contributed by atoms with Gasteiger partial charge in [-0.1, -0.05) is 0 Å². The Bertz CT molecular complexity index is 350. The van der Waals surface area contributed by atoms with E-state index in [4.69, 9.17) is 20.1 Å². The van der Waals surface area contributed by atoms with Crippen molar-refractivity contribution in [3.05, 3.63) is 6.10 Å². The van der Waals surface area contributed by atoms with Crippen LogP contribution in [-0.4, -0.2) is 103 Å². The minimum absolute atomic E-state index is 0.376. The molecule has 1 fully saturated rings. The zero-order valence-corrected chi connectivity index (χ0v) is 10.8. The fourth-order valence-corrected chi connectivity index (χ4v) is 1.87. The molecule has 10 nitrogen and oxygen atoms in total. The lowest BCUT2D eigenvalue weighted by atomic mass is 9.95. The number of carbonyl (C=O) groups excluding carboxylic acids is 1. The summed E-state index contributed by atoms with van der Waals surface area (Å²) in [4.78, 5) is 11.9. The predicted octanol–water partition coefficient (Wildman–Crippen LogP) is -5.36. The first-order chi connectivity index (χ1) is 9.76. The topological polar surface area (TPSA) is 188 Å². The first-order valence-electron chi connectivity index (χ1n) is 6.12. The van der Waals surface area contributed by atoms with Crippen molar-refractivity contribution >= 4 is 5.78 Å². The summed E-state index contributed by atoms with van der Waals surface area (Å²) in [5.41, 5.74) is 0. The highest BCUT2D eigenvalue weighted by Crippen LogP contribution is 2.28. The Morgan fingerprint density at radius 3 is 2.10 bits per heavy atom. The van der Waals surface area contributed by atoms with Gasteiger partial charge in [0.05, 0.1) is 13.2 Å². The van der Waals surface area contributed by atoms with Gasteiger partial charge in [0.25, 0.3) is 0 Å². The van der Waals surface area contributed by atoms with E-state index < -0.39 is 61.7 Å². The van der Waals surface area contributed by atoms with Gasteiger partial charge >= 0.3 is 0 Å². The fourth-order valence-electron chi connectivity index (χ4n) is 1.87. The van der Waals surface area contributed by atoms with Crippen LogP contribution in [-0.2, 0) is 9.53 Å². The highest BCUT2D eigenvalue weighted by Gasteiger charge is 2.49. The van der Waals surface area contributed by atoms with Crippen LogP contribution in [0.3, 0.4) is 0 Å². The Labute approximate surface area is 119 Å². The molecule has 0 bridgehead atoms. The monoisotopic (exact) mass is 311 g/mol. The zero-order valence-electron chi connectivity index (χ0n) is 10.8. The van der Waals surface area contributed by atoms with Crippen molar-refractivity contribution in [2.45, 2.75) is 42.7 Å². The number of Topliss-reactive ketones (excluding diaryl/α,β-unsaturated/α-hetero) is 1. The van der Waals surface area contributed by atoms with E-state index in [0.29, 0.717) is 0 Å². The summed E-state index contributed by atoms with van der Waals surface area (Å²) in [5, 5.41) is 74.2. The largest absolute Gasteiger partial charge is 0.394 e. The number of rotatable bonds is 7. The molecule has 1 rings (SSSR count). The van der Waals surface area contributed by atoms with Crippen LogP contribution in [0.25, 0.3) is 0 Å². The molecule has 1 aliphatic rings. The third-order valence-corrected chi connectivity index (χ3v) is 3.22. The van der Waals surface area contributed by atoms with Crippen LogP contribution in [0.1, 0.15) is 0 Å². The number of hydrogen-bond donors (Lipinski definition) is 8. The van der Waals surface area contributed by atoms with Crippen molar-refractivity contribution in [2.24, 2.45) is 0 Å². The van der Waals surface area contributed by atoms with Crippen LogP contribution in [0, 0.1) is 6.10 Å². The molecule has 0 amide bonds. The summed E-state index contributed by atoms with van der Waals surface area (Å²) in [7, 11) is 0. The van der Waals surface area contributed by atoms with Gasteiger partial charge in [-0.25, -0.2) is 0 Å². The number of hydrogen-bond acceptors (Lipinski definition) is 10. The van der Waals surface area contributed by atoms with E-state index in [1.807, 2.05) is 0 Å². The minimum Gasteiger partial charge on any atom is -0.394 e. The molecule has 1 radical (unpaired) electrons. The smallest absolute Gasteiger partial charge is 0.195 e. The first-order valence-corrected chi connectivity index (χ1v) is 6.12. The normalized spacial score (nSPS) is 32.7. The average Bonchev–Trinajstić information content (AvgIpc) is 2.78. The summed E-state index contributed by atoms with van der Waals surface area (Å²) in [6.45, 7) is -1.67. The molecule has 0 aromatic rings. The molecule has 0 aliphatic carbocycles. The lowest BCUT2D eigenvalue weighted by Gasteiger charge is -2.26. The Balaban J connectivity index is 2.74. The third-order valence-electron chi connectivity index (χ3n) is 3.22. The van der Waals surface area contributed by atoms with E-state index >= 15 is 0 Å². The van der Waals surface area contributed by atoms with Crippen LogP contribution in [0.4, 0.5) is 0 Å². The Morgan fingerprint density at radius 2 is 1.67 bits per heavy atom. The van der Waals surface area contributed by atoms with Crippen molar-refractivity contribution in [3.8, 4) is 0 Å². The number of carbonyl (C=O) groups is 1. The van der Waals surface area contributed by atoms with Crippen LogP contribution in [0.2, 0.25) is 0 Å². The predicted molar refractivity (Wildman–Crippen MR) is 63.3 cm³/mol. The lowest BCUT2D eigenvalue weighted by Crippen LogP contribution is -2.52. The molecular formula is C11H19O10. The molecule has 7 atom stereocenters. The van der Waals surface area contributed by atoms with Crippen molar-refractivity contribution in [2.75, 3.05) is 13.2 Å². The van der Waals surface area contributed by atoms with Crippen LogP contribution in [0.15, 0.2) is 0 Å². The van der Waals surface area contributed by atoms with Crippen LogP contribution >= 0.6 is 0 Å². The summed E-state index contributed by atoms with van der Waals surface area (Å²) in [5.74, 6) is -1.26. The lowest BCUT2D eigenvalue weighted by molar-refractivity contribution is -0.158. The molecular weight excluding hydrogens is 292 g/mol. The van der Waals surface area contributed by atoms with Crippen molar-refractivity contribution < 1.29 is 50.4 Å². The molecule has 1 heterocycles. The van der Waals surface area contributed by atoms with E-state index in [1.165, 1.54) is 0 Å². The van der Waals surface area contributed by atoms with Crippen LogP contribution in [0.5, 0.6) is 0 Å². The number of aliphatic hydroxyl groups excluding tert-OH is 8. The Kier molecular flexibility index (Phi) is 6.59. The van der Waals surface area contributed by atoms with E-state index in [2.05, 4.69) is 0 Å². The fraction of sp³-hybridized carbons (Fsp3) is 0.818. The standard InChI is InChI=1S/C11H19O10/c12-1-3(14)5(15)7(17)8(18)10(20)11-9(19)6(16)4(2-13)21-11/h3,5-9,11-19H,1-2H2/t3-,5-,6-,7+,8-,9-,11?/m1/s1. The summed E-state index contributed by atoms with van der Waals surface area (Å²) < 4.78 is 4.79. The van der Waals surface area contributed by atoms with Gasteiger partial charge < -0.3 is 45.6 Å². The quantitative estimate of drug-likeness (QED) is 0.225. The maximum Gasteiger partial charge on any atom is 0.195 e. The summed E-state index contributed by atoms with van der Waals surface area (Å²) >= 11 is 0. The maximum atomic E-state index is 11.9. The zero-order chi connectivity index (χ0) is 16.3. The molecule has 0 aromatic carbocycles. The van der Waals surface area contributed by atoms with Gasteiger partial charge in [0.1, 0.15) is 42.7 Å². The van der Waals surface area contributed by atoms with Crippen LogP contribution < -0.4 is 0 Å². The minimum atomic E-state index is -2.24. The van der Waals surface area contributed by atoms with E-state index in [9.17, 15) is 30.3 Å². The summed E-state index contributed by atoms with van der Waals surface area (Å²) in [6.07, 6.45) is -13.7. The Morgan fingerprint density at radius 1 is 1.10 bits per heavy atom. The van der Waals surface area contributed by atoms with Gasteiger partial charge in [0.2, 0.25) is 0 Å². The van der Waals surface area contributed by atoms with E-state index in [0.717, 1.165) is 0 Å². The molecule has 123 valence electrons. The van der Waals surface area contributed by atoms with Gasteiger partial charge in [0.15, 0.2) is 11.9 Å². The van der Waals surface area contributed by atoms with Gasteiger partial charge in [0, 0.05) is 0 Å². The Hall–Kier alpha value is -0.690.